The summed E-state index contributed by atoms with van der Waals surface area (Å²) in [5.74, 6) is 0.917. The number of nitrogens with zero attached hydrogens (tertiary/aromatic N) is 2. The summed E-state index contributed by atoms with van der Waals surface area (Å²) in [4.78, 5) is 16.1. The minimum Gasteiger partial charge on any atom is -0.346 e. The highest BCUT2D eigenvalue weighted by Gasteiger charge is 2.33. The van der Waals surface area contributed by atoms with Crippen LogP contribution in [-0.4, -0.2) is 22.6 Å². The summed E-state index contributed by atoms with van der Waals surface area (Å²) in [5.41, 5.74) is 5.20. The van der Waals surface area contributed by atoms with Crippen LogP contribution in [0.4, 0.5) is 0 Å². The molecule has 0 aliphatic heterocycles. The van der Waals surface area contributed by atoms with Gasteiger partial charge in [-0.2, -0.15) is 4.98 Å². The van der Waals surface area contributed by atoms with Gasteiger partial charge in [-0.25, -0.2) is 0 Å². The Bertz CT molecular complexity index is 363. The highest BCUT2D eigenvalue weighted by Crippen LogP contribution is 2.24. The molecule has 0 unspecified atom stereocenters. The summed E-state index contributed by atoms with van der Waals surface area (Å²) in [7, 11) is 0. The van der Waals surface area contributed by atoms with E-state index in [1.165, 1.54) is 0 Å². The van der Waals surface area contributed by atoms with Crippen LogP contribution in [0.1, 0.15) is 38.4 Å². The predicted octanol–water partition coefficient (Wildman–Crippen LogP) is 0.759. The molecule has 1 heterocycles. The first-order valence-electron chi connectivity index (χ1n) is 5.85. The fraction of sp³-hybridized carbons (Fsp3) is 0.727. The zero-order valence-corrected chi connectivity index (χ0v) is 10.6. The number of hydrogen-bond acceptors (Lipinski definition) is 5. The van der Waals surface area contributed by atoms with Crippen LogP contribution in [0.3, 0.4) is 0 Å². The lowest BCUT2D eigenvalue weighted by molar-refractivity contribution is -0.131. The summed E-state index contributed by atoms with van der Waals surface area (Å²) in [6, 6.07) is 0. The van der Waals surface area contributed by atoms with E-state index in [0.717, 1.165) is 0 Å². The van der Waals surface area contributed by atoms with Crippen molar-refractivity contribution in [2.45, 2.75) is 40.2 Å². The molecule has 0 fully saturated rings. The first-order valence-corrected chi connectivity index (χ1v) is 5.85. The van der Waals surface area contributed by atoms with Crippen LogP contribution in [0.2, 0.25) is 0 Å². The molecule has 1 aromatic heterocycles. The lowest BCUT2D eigenvalue weighted by atomic mass is 9.81. The molecule has 0 saturated heterocycles. The van der Waals surface area contributed by atoms with E-state index in [1.54, 1.807) is 6.92 Å². The van der Waals surface area contributed by atoms with E-state index in [4.69, 9.17) is 10.3 Å². The quantitative estimate of drug-likeness (QED) is 0.765. The van der Waals surface area contributed by atoms with Crippen molar-refractivity contribution in [2.75, 3.05) is 6.54 Å². The fourth-order valence-electron chi connectivity index (χ4n) is 1.71. The normalized spacial score (nSPS) is 11.5. The second-order valence-corrected chi connectivity index (χ2v) is 4.11. The average Bonchev–Trinajstić information content (AvgIpc) is 2.75. The molecule has 0 spiro atoms. The third-order valence-electron chi connectivity index (χ3n) is 3.20. The highest BCUT2D eigenvalue weighted by molar-refractivity contribution is 5.82. The van der Waals surface area contributed by atoms with Gasteiger partial charge in [0.15, 0.2) is 5.82 Å². The molecule has 0 aliphatic carbocycles. The lowest BCUT2D eigenvalue weighted by Crippen LogP contribution is -2.45. The molecule has 0 saturated carbocycles. The summed E-state index contributed by atoms with van der Waals surface area (Å²) in [5, 5.41) is 6.45. The topological polar surface area (TPSA) is 94.0 Å². The number of aryl methyl sites for hydroxylation is 1. The predicted molar refractivity (Wildman–Crippen MR) is 63.0 cm³/mol. The number of aromatic nitrogens is 2. The van der Waals surface area contributed by atoms with Gasteiger partial charge in [0.25, 0.3) is 0 Å². The standard InChI is InChI=1S/C11H20N4O2/c1-4-11(5-2,7-12)10(16)13-6-9-14-8(3)15-17-9/h4-7,12H2,1-3H3,(H,13,16). The first-order chi connectivity index (χ1) is 8.07. The third-order valence-corrected chi connectivity index (χ3v) is 3.20. The average molecular weight is 240 g/mol. The molecule has 0 bridgehead atoms. The van der Waals surface area contributed by atoms with Crippen LogP contribution >= 0.6 is 0 Å². The van der Waals surface area contributed by atoms with Gasteiger partial charge in [0.1, 0.15) is 0 Å². The van der Waals surface area contributed by atoms with Gasteiger partial charge >= 0.3 is 0 Å². The van der Waals surface area contributed by atoms with E-state index in [-0.39, 0.29) is 12.5 Å². The van der Waals surface area contributed by atoms with Gasteiger partial charge in [0, 0.05) is 6.54 Å². The summed E-state index contributed by atoms with van der Waals surface area (Å²) < 4.78 is 4.92. The van der Waals surface area contributed by atoms with E-state index in [2.05, 4.69) is 15.5 Å². The molecule has 96 valence electrons. The van der Waals surface area contributed by atoms with Crippen LogP contribution in [0, 0.1) is 12.3 Å². The van der Waals surface area contributed by atoms with Gasteiger partial charge < -0.3 is 15.6 Å². The molecular weight excluding hydrogens is 220 g/mol. The van der Waals surface area contributed by atoms with Crippen molar-refractivity contribution in [3.63, 3.8) is 0 Å². The number of nitrogens with one attached hydrogen (secondary N) is 1. The molecule has 1 amide bonds. The molecule has 17 heavy (non-hydrogen) atoms. The Morgan fingerprint density at radius 1 is 1.47 bits per heavy atom. The van der Waals surface area contributed by atoms with Gasteiger partial charge in [-0.05, 0) is 19.8 Å². The molecule has 0 atom stereocenters. The van der Waals surface area contributed by atoms with Crippen molar-refractivity contribution in [3.05, 3.63) is 11.7 Å². The van der Waals surface area contributed by atoms with E-state index in [9.17, 15) is 4.79 Å². The molecular formula is C11H20N4O2. The molecule has 0 aromatic carbocycles. The number of nitrogens with two attached hydrogens (primary N) is 1. The molecule has 6 nitrogen and oxygen atoms in total. The molecule has 6 heteroatoms. The maximum Gasteiger partial charge on any atom is 0.246 e. The largest absolute Gasteiger partial charge is 0.346 e. The van der Waals surface area contributed by atoms with Crippen molar-refractivity contribution >= 4 is 5.91 Å². The first kappa shape index (κ1) is 13.6. The molecule has 3 N–H and O–H groups in total. The Morgan fingerprint density at radius 3 is 2.53 bits per heavy atom. The Labute approximate surface area is 101 Å². The van der Waals surface area contributed by atoms with Gasteiger partial charge in [-0.3, -0.25) is 4.79 Å². The van der Waals surface area contributed by atoms with Crippen molar-refractivity contribution < 1.29 is 9.32 Å². The monoisotopic (exact) mass is 240 g/mol. The van der Waals surface area contributed by atoms with Crippen LogP contribution < -0.4 is 11.1 Å². The number of amides is 1. The number of carbonyl (C=O) groups excluding carboxylic acids is 1. The highest BCUT2D eigenvalue weighted by atomic mass is 16.5. The van der Waals surface area contributed by atoms with Gasteiger partial charge in [-0.1, -0.05) is 19.0 Å². The number of carbonyl (C=O) groups is 1. The smallest absolute Gasteiger partial charge is 0.246 e. The van der Waals surface area contributed by atoms with Crippen LogP contribution in [0.15, 0.2) is 4.52 Å². The van der Waals surface area contributed by atoms with E-state index >= 15 is 0 Å². The third kappa shape index (κ3) is 3.03. The second kappa shape index (κ2) is 5.77. The van der Waals surface area contributed by atoms with Gasteiger partial charge in [0.2, 0.25) is 11.8 Å². The molecule has 1 aromatic rings. The molecule has 1 rings (SSSR count). The van der Waals surface area contributed by atoms with E-state index < -0.39 is 5.41 Å². The summed E-state index contributed by atoms with van der Waals surface area (Å²) in [6.45, 7) is 6.26. The van der Waals surface area contributed by atoms with Crippen molar-refractivity contribution in [1.29, 1.82) is 0 Å². The maximum atomic E-state index is 12.1. The minimum absolute atomic E-state index is 0.0548. The molecule has 0 aliphatic rings. The number of rotatable bonds is 6. The van der Waals surface area contributed by atoms with Crippen molar-refractivity contribution in [3.8, 4) is 0 Å². The Balaban J connectivity index is 2.59. The van der Waals surface area contributed by atoms with Crippen LogP contribution in [0.5, 0.6) is 0 Å². The number of hydrogen-bond donors (Lipinski definition) is 2. The van der Waals surface area contributed by atoms with Crippen LogP contribution in [0.25, 0.3) is 0 Å². The Morgan fingerprint density at radius 2 is 2.12 bits per heavy atom. The zero-order valence-electron chi connectivity index (χ0n) is 10.6. The van der Waals surface area contributed by atoms with Crippen molar-refractivity contribution in [2.24, 2.45) is 11.1 Å². The van der Waals surface area contributed by atoms with E-state index in [1.807, 2.05) is 13.8 Å². The summed E-state index contributed by atoms with van der Waals surface area (Å²) >= 11 is 0. The molecule has 0 radical (unpaired) electrons. The minimum atomic E-state index is -0.491. The SMILES string of the molecule is CCC(CC)(CN)C(=O)NCc1nc(C)no1. The maximum absolute atomic E-state index is 12.1. The fourth-order valence-corrected chi connectivity index (χ4v) is 1.71. The zero-order chi connectivity index (χ0) is 12.9. The van der Waals surface area contributed by atoms with Gasteiger partial charge in [-0.15, -0.1) is 0 Å². The Kier molecular flexibility index (Phi) is 4.62. The van der Waals surface area contributed by atoms with E-state index in [0.29, 0.717) is 31.1 Å². The van der Waals surface area contributed by atoms with Gasteiger partial charge in [0.05, 0.1) is 12.0 Å². The van der Waals surface area contributed by atoms with Crippen molar-refractivity contribution in [1.82, 2.24) is 15.5 Å². The second-order valence-electron chi connectivity index (χ2n) is 4.11. The summed E-state index contributed by atoms with van der Waals surface area (Å²) in [6.07, 6.45) is 1.43. The Hall–Kier alpha value is -1.43. The lowest BCUT2D eigenvalue weighted by Gasteiger charge is -2.28. The van der Waals surface area contributed by atoms with Crippen LogP contribution in [-0.2, 0) is 11.3 Å².